The Balaban J connectivity index is 1.67. The zero-order chi connectivity index (χ0) is 14.7. The fraction of sp³-hybridized carbons (Fsp3) is 0.867. The van der Waals surface area contributed by atoms with E-state index in [1.165, 1.54) is 31.0 Å². The van der Waals surface area contributed by atoms with Gasteiger partial charge in [-0.15, -0.1) is 4.37 Å². The second kappa shape index (κ2) is 6.58. The molecule has 2 saturated heterocycles. The Bertz CT molecular complexity index is 458. The number of nitrogens with zero attached hydrogens (tertiary/aromatic N) is 2. The monoisotopic (exact) mass is 311 g/mol. The summed E-state index contributed by atoms with van der Waals surface area (Å²) in [7, 11) is 0. The zero-order valence-electron chi connectivity index (χ0n) is 12.7. The molecule has 3 atom stereocenters. The van der Waals surface area contributed by atoms with E-state index >= 15 is 0 Å². The SMILES string of the molecule is CCCCCCOc1nsnc1C12CCC(CN1)CC2O. The molecule has 0 spiro atoms. The van der Waals surface area contributed by atoms with E-state index in [1.807, 2.05) is 0 Å². The summed E-state index contributed by atoms with van der Waals surface area (Å²) >= 11 is 1.19. The molecule has 1 aliphatic carbocycles. The molecule has 0 amide bonds. The molecule has 0 aromatic carbocycles. The number of aromatic nitrogens is 2. The average molecular weight is 311 g/mol. The minimum atomic E-state index is -0.430. The predicted octanol–water partition coefficient (Wildman–Crippen LogP) is 2.46. The molecular formula is C15H25N3O2S. The first-order valence-corrected chi connectivity index (χ1v) is 8.88. The van der Waals surface area contributed by atoms with Gasteiger partial charge in [0, 0.05) is 0 Å². The second-order valence-electron chi connectivity index (χ2n) is 6.34. The van der Waals surface area contributed by atoms with E-state index in [9.17, 15) is 5.11 Å². The summed E-state index contributed by atoms with van der Waals surface area (Å²) in [5.41, 5.74) is 0.397. The van der Waals surface area contributed by atoms with E-state index in [0.29, 0.717) is 18.4 Å². The zero-order valence-corrected chi connectivity index (χ0v) is 13.5. The first-order valence-electron chi connectivity index (χ1n) is 8.15. The van der Waals surface area contributed by atoms with Gasteiger partial charge in [0.2, 0.25) is 0 Å². The van der Waals surface area contributed by atoms with Crippen molar-refractivity contribution in [2.75, 3.05) is 13.2 Å². The normalized spacial score (nSPS) is 31.5. The van der Waals surface area contributed by atoms with Crippen molar-refractivity contribution < 1.29 is 9.84 Å². The van der Waals surface area contributed by atoms with Gasteiger partial charge >= 0.3 is 0 Å². The van der Waals surface area contributed by atoms with Gasteiger partial charge in [-0.2, -0.15) is 4.37 Å². The van der Waals surface area contributed by atoms with Gasteiger partial charge in [0.25, 0.3) is 5.88 Å². The van der Waals surface area contributed by atoms with Gasteiger partial charge in [-0.05, 0) is 38.1 Å². The number of unbranched alkanes of at least 4 members (excludes halogenated alkanes) is 3. The molecule has 3 heterocycles. The highest BCUT2D eigenvalue weighted by Gasteiger charge is 2.51. The van der Waals surface area contributed by atoms with Crippen LogP contribution in [0.1, 0.15) is 57.6 Å². The predicted molar refractivity (Wildman–Crippen MR) is 82.6 cm³/mol. The van der Waals surface area contributed by atoms with Crippen LogP contribution in [0.5, 0.6) is 5.88 Å². The van der Waals surface area contributed by atoms with Crippen molar-refractivity contribution in [3.05, 3.63) is 5.69 Å². The molecule has 3 aliphatic rings. The third-order valence-electron chi connectivity index (χ3n) is 4.90. The van der Waals surface area contributed by atoms with Crippen molar-refractivity contribution >= 4 is 11.7 Å². The van der Waals surface area contributed by atoms with E-state index in [4.69, 9.17) is 4.74 Å². The number of hydrogen-bond donors (Lipinski definition) is 2. The summed E-state index contributed by atoms with van der Waals surface area (Å²) in [5, 5.41) is 14.0. The van der Waals surface area contributed by atoms with Crippen LogP contribution in [0.25, 0.3) is 0 Å². The van der Waals surface area contributed by atoms with Crippen LogP contribution in [0.4, 0.5) is 0 Å². The molecule has 118 valence electrons. The molecule has 2 bridgehead atoms. The number of nitrogens with one attached hydrogen (secondary N) is 1. The molecule has 4 rings (SSSR count). The van der Waals surface area contributed by atoms with Gasteiger partial charge in [-0.1, -0.05) is 26.2 Å². The number of piperidine rings is 2. The van der Waals surface area contributed by atoms with Crippen LogP contribution in [0, 0.1) is 5.92 Å². The summed E-state index contributed by atoms with van der Waals surface area (Å²) in [6.45, 7) is 3.85. The Morgan fingerprint density at radius 1 is 1.38 bits per heavy atom. The largest absolute Gasteiger partial charge is 0.476 e. The van der Waals surface area contributed by atoms with Gasteiger partial charge in [0.15, 0.2) is 0 Å². The quantitative estimate of drug-likeness (QED) is 0.757. The molecule has 3 fully saturated rings. The highest BCUT2D eigenvalue weighted by Crippen LogP contribution is 2.45. The Labute approximate surface area is 130 Å². The first-order chi connectivity index (χ1) is 10.3. The lowest BCUT2D eigenvalue weighted by Crippen LogP contribution is -2.61. The van der Waals surface area contributed by atoms with E-state index < -0.39 is 5.54 Å². The summed E-state index contributed by atoms with van der Waals surface area (Å²) in [6.07, 6.45) is 7.28. The molecule has 3 unspecified atom stereocenters. The van der Waals surface area contributed by atoms with Gasteiger partial charge in [-0.3, -0.25) is 0 Å². The van der Waals surface area contributed by atoms with Crippen LogP contribution in [-0.4, -0.2) is 33.1 Å². The first kappa shape index (κ1) is 15.2. The Kier molecular flexibility index (Phi) is 4.76. The fourth-order valence-corrected chi connectivity index (χ4v) is 4.13. The highest BCUT2D eigenvalue weighted by atomic mass is 32.1. The molecule has 6 heteroatoms. The van der Waals surface area contributed by atoms with Crippen LogP contribution in [0.2, 0.25) is 0 Å². The number of ether oxygens (including phenoxy) is 1. The van der Waals surface area contributed by atoms with Crippen molar-refractivity contribution in [2.45, 2.75) is 63.5 Å². The fourth-order valence-electron chi connectivity index (χ4n) is 3.56. The Morgan fingerprint density at radius 2 is 2.29 bits per heavy atom. The third kappa shape index (κ3) is 2.94. The lowest BCUT2D eigenvalue weighted by Gasteiger charge is -2.49. The van der Waals surface area contributed by atoms with Crippen molar-refractivity contribution in [1.82, 2.24) is 14.1 Å². The van der Waals surface area contributed by atoms with Gasteiger partial charge in [0.05, 0.1) is 30.0 Å². The van der Waals surface area contributed by atoms with Crippen LogP contribution in [0.15, 0.2) is 0 Å². The van der Waals surface area contributed by atoms with Crippen LogP contribution >= 0.6 is 11.7 Å². The third-order valence-corrected chi connectivity index (χ3v) is 5.41. The molecule has 5 nitrogen and oxygen atoms in total. The molecule has 2 N–H and O–H groups in total. The Morgan fingerprint density at radius 3 is 3.00 bits per heavy atom. The second-order valence-corrected chi connectivity index (χ2v) is 6.86. The van der Waals surface area contributed by atoms with E-state index in [0.717, 1.165) is 37.9 Å². The topological polar surface area (TPSA) is 67.3 Å². The van der Waals surface area contributed by atoms with Crippen LogP contribution in [-0.2, 0) is 5.54 Å². The molecule has 2 aliphatic heterocycles. The van der Waals surface area contributed by atoms with Gasteiger partial charge in [-0.25, -0.2) is 0 Å². The summed E-state index contributed by atoms with van der Waals surface area (Å²) < 4.78 is 14.6. The molecule has 1 aromatic rings. The average Bonchev–Trinajstić information content (AvgIpc) is 2.97. The number of fused-ring (bicyclic) bond motifs is 3. The molecule has 1 saturated carbocycles. The summed E-state index contributed by atoms with van der Waals surface area (Å²) in [6, 6.07) is 0. The number of aliphatic hydroxyl groups is 1. The lowest BCUT2D eigenvalue weighted by molar-refractivity contribution is -0.0397. The standard InChI is InChI=1S/C15H25N3O2S/c1-2-3-4-5-8-20-14-13(17-21-18-14)15-7-6-11(10-16-15)9-12(15)19/h11-12,16,19H,2-10H2,1H3. The van der Waals surface area contributed by atoms with Crippen molar-refractivity contribution in [3.63, 3.8) is 0 Å². The highest BCUT2D eigenvalue weighted by molar-refractivity contribution is 6.99. The van der Waals surface area contributed by atoms with E-state index in [2.05, 4.69) is 21.0 Å². The van der Waals surface area contributed by atoms with Crippen molar-refractivity contribution in [1.29, 1.82) is 0 Å². The maximum Gasteiger partial charge on any atom is 0.251 e. The maximum atomic E-state index is 10.5. The van der Waals surface area contributed by atoms with Crippen molar-refractivity contribution in [3.8, 4) is 5.88 Å². The van der Waals surface area contributed by atoms with E-state index in [-0.39, 0.29) is 6.10 Å². The maximum absolute atomic E-state index is 10.5. The summed E-state index contributed by atoms with van der Waals surface area (Å²) in [4.78, 5) is 0. The number of aliphatic hydroxyl groups excluding tert-OH is 1. The molecular weight excluding hydrogens is 286 g/mol. The minimum absolute atomic E-state index is 0.378. The molecule has 21 heavy (non-hydrogen) atoms. The minimum Gasteiger partial charge on any atom is -0.476 e. The van der Waals surface area contributed by atoms with Gasteiger partial charge < -0.3 is 15.2 Å². The number of hydrogen-bond acceptors (Lipinski definition) is 6. The Hall–Kier alpha value is -0.720. The molecule has 0 radical (unpaired) electrons. The lowest BCUT2D eigenvalue weighted by atomic mass is 9.68. The van der Waals surface area contributed by atoms with Crippen molar-refractivity contribution in [2.24, 2.45) is 5.92 Å². The number of rotatable bonds is 7. The van der Waals surface area contributed by atoms with Gasteiger partial charge in [0.1, 0.15) is 5.69 Å². The van der Waals surface area contributed by atoms with E-state index in [1.54, 1.807) is 0 Å². The molecule has 1 aromatic heterocycles. The van der Waals surface area contributed by atoms with Crippen LogP contribution < -0.4 is 10.1 Å². The summed E-state index contributed by atoms with van der Waals surface area (Å²) in [5.74, 6) is 1.23. The smallest absolute Gasteiger partial charge is 0.251 e. The van der Waals surface area contributed by atoms with Crippen LogP contribution in [0.3, 0.4) is 0 Å².